The van der Waals surface area contributed by atoms with Gasteiger partial charge in [0.1, 0.15) is 29.8 Å². The van der Waals surface area contributed by atoms with E-state index in [2.05, 4.69) is 26.9 Å². The molecule has 15 heteroatoms. The highest BCUT2D eigenvalue weighted by molar-refractivity contribution is 6.00. The number of halogens is 3. The lowest BCUT2D eigenvalue weighted by atomic mass is 9.99. The van der Waals surface area contributed by atoms with E-state index in [1.807, 2.05) is 16.2 Å². The lowest BCUT2D eigenvalue weighted by molar-refractivity contribution is -0.127. The van der Waals surface area contributed by atoms with Gasteiger partial charge in [0.25, 0.3) is 5.91 Å². The van der Waals surface area contributed by atoms with Gasteiger partial charge in [0.15, 0.2) is 5.82 Å². The first-order valence-corrected chi connectivity index (χ1v) is 12.6. The second-order valence-electron chi connectivity index (χ2n) is 9.39. The lowest BCUT2D eigenvalue weighted by Gasteiger charge is -2.31. The third-order valence-electron chi connectivity index (χ3n) is 6.85. The number of carbonyl (C=O) groups is 2. The number of hydrogen-bond acceptors (Lipinski definition) is 8. The minimum Gasteiger partial charge on any atom is -0.496 e. The molecular weight excluding hydrogens is 543 g/mol. The smallest absolute Gasteiger partial charge is 0.405 e. The molecule has 1 aromatic carbocycles. The van der Waals surface area contributed by atoms with E-state index >= 15 is 0 Å². The van der Waals surface area contributed by atoms with Crippen molar-refractivity contribution in [2.45, 2.75) is 25.1 Å². The first kappa shape index (κ1) is 27.6. The average molecular weight is 570 g/mol. The number of rotatable bonds is 7. The maximum Gasteiger partial charge on any atom is 0.405 e. The van der Waals surface area contributed by atoms with Gasteiger partial charge in [0, 0.05) is 30.4 Å². The van der Waals surface area contributed by atoms with Crippen molar-refractivity contribution in [2.75, 3.05) is 32.5 Å². The van der Waals surface area contributed by atoms with Crippen LogP contribution in [0.25, 0.3) is 27.9 Å². The Hall–Kier alpha value is -4.95. The first-order chi connectivity index (χ1) is 19.6. The van der Waals surface area contributed by atoms with E-state index in [1.165, 1.54) is 36.3 Å². The van der Waals surface area contributed by atoms with Crippen molar-refractivity contribution in [1.82, 2.24) is 39.8 Å². The lowest BCUT2D eigenvalue weighted by Crippen LogP contribution is -2.38. The maximum atomic E-state index is 12.6. The van der Waals surface area contributed by atoms with Crippen molar-refractivity contribution >= 4 is 23.1 Å². The van der Waals surface area contributed by atoms with Gasteiger partial charge in [-0.1, -0.05) is 12.6 Å². The minimum atomic E-state index is -4.56. The summed E-state index contributed by atoms with van der Waals surface area (Å²) in [5, 5.41) is 15.2. The Kier molecular flexibility index (Phi) is 7.34. The second kappa shape index (κ2) is 10.9. The average Bonchev–Trinajstić information content (AvgIpc) is 3.61. The zero-order chi connectivity index (χ0) is 29.3. The number of fused-ring (bicyclic) bond motifs is 1. The number of likely N-dealkylation sites (tertiary alicyclic amines) is 1. The largest absolute Gasteiger partial charge is 0.496 e. The quantitative estimate of drug-likeness (QED) is 0.323. The molecule has 214 valence electrons. The van der Waals surface area contributed by atoms with Gasteiger partial charge in [-0.25, -0.2) is 4.98 Å². The molecule has 0 aliphatic carbocycles. The van der Waals surface area contributed by atoms with Crippen LogP contribution in [0.15, 0.2) is 49.6 Å². The number of nitrogens with two attached hydrogens (primary N) is 1. The van der Waals surface area contributed by atoms with Crippen molar-refractivity contribution in [3.8, 4) is 28.1 Å². The molecule has 0 spiro atoms. The molecule has 1 aliphatic rings. The fraction of sp³-hybridized carbons (Fsp3) is 0.308. The van der Waals surface area contributed by atoms with Crippen molar-refractivity contribution in [3.63, 3.8) is 0 Å². The van der Waals surface area contributed by atoms with Gasteiger partial charge >= 0.3 is 6.18 Å². The Balaban J connectivity index is 1.51. The van der Waals surface area contributed by atoms with Gasteiger partial charge in [0.05, 0.1) is 24.9 Å². The molecule has 0 unspecified atom stereocenters. The number of methoxy groups -OCH3 is 1. The van der Waals surface area contributed by atoms with E-state index in [9.17, 15) is 22.8 Å². The van der Waals surface area contributed by atoms with E-state index in [-0.39, 0.29) is 29.1 Å². The van der Waals surface area contributed by atoms with Crippen LogP contribution >= 0.6 is 0 Å². The Labute approximate surface area is 231 Å². The van der Waals surface area contributed by atoms with Crippen LogP contribution < -0.4 is 15.8 Å². The molecule has 1 aliphatic heterocycles. The Morgan fingerprint density at radius 2 is 1.98 bits per heavy atom. The molecule has 41 heavy (non-hydrogen) atoms. The molecule has 4 heterocycles. The van der Waals surface area contributed by atoms with E-state index in [0.29, 0.717) is 53.8 Å². The maximum absolute atomic E-state index is 12.6. The third kappa shape index (κ3) is 5.55. The highest BCUT2D eigenvalue weighted by atomic mass is 19.4. The number of amides is 2. The van der Waals surface area contributed by atoms with Gasteiger partial charge in [-0.2, -0.15) is 18.3 Å². The molecule has 0 atom stereocenters. The van der Waals surface area contributed by atoms with Crippen LogP contribution in [0.5, 0.6) is 5.75 Å². The normalized spacial score (nSPS) is 14.3. The minimum absolute atomic E-state index is 0.0550. The summed E-state index contributed by atoms with van der Waals surface area (Å²) in [6, 6.07) is 4.52. The molecule has 3 aromatic heterocycles. The topological polar surface area (TPSA) is 146 Å². The number of hydrogen-bond donors (Lipinski definition) is 2. The number of carbonyl (C=O) groups excluding carboxylic acids is 2. The molecule has 0 saturated carbocycles. The number of benzene rings is 1. The number of ether oxygens (including phenoxy) is 1. The number of nitrogens with one attached hydrogen (secondary N) is 1. The van der Waals surface area contributed by atoms with Crippen LogP contribution in [-0.4, -0.2) is 79.2 Å². The standard InChI is InChI=1S/C26H26F3N9O3/c1-3-20(39)36-8-6-17(7-9-36)37-12-16(11-33-37)22-21(23-24(30)32-14-34-38(23)35-22)15-4-5-18(19(10-15)41-2)25(40)31-13-26(27,28)29/h3-5,10-12,14,17H,1,6-9,13H2,2H3,(H,31,40)(H2,30,32,34). The molecule has 0 radical (unpaired) electrons. The Morgan fingerprint density at radius 1 is 1.22 bits per heavy atom. The van der Waals surface area contributed by atoms with Gasteiger partial charge in [0.2, 0.25) is 5.91 Å². The summed E-state index contributed by atoms with van der Waals surface area (Å²) >= 11 is 0. The third-order valence-corrected chi connectivity index (χ3v) is 6.85. The predicted molar refractivity (Wildman–Crippen MR) is 142 cm³/mol. The van der Waals surface area contributed by atoms with Crippen molar-refractivity contribution in [1.29, 1.82) is 0 Å². The van der Waals surface area contributed by atoms with Crippen molar-refractivity contribution in [2.24, 2.45) is 0 Å². The summed E-state index contributed by atoms with van der Waals surface area (Å²) in [7, 11) is 1.31. The number of alkyl halides is 3. The fourth-order valence-corrected chi connectivity index (χ4v) is 4.84. The number of nitrogen functional groups attached to an aromatic ring is 1. The van der Waals surface area contributed by atoms with Crippen LogP contribution in [0.3, 0.4) is 0 Å². The number of piperidine rings is 1. The van der Waals surface area contributed by atoms with E-state index in [1.54, 1.807) is 17.2 Å². The van der Waals surface area contributed by atoms with Crippen LogP contribution in [-0.2, 0) is 4.79 Å². The number of aromatic nitrogens is 6. The molecule has 12 nitrogen and oxygen atoms in total. The summed E-state index contributed by atoms with van der Waals surface area (Å²) in [5.74, 6) is -0.835. The summed E-state index contributed by atoms with van der Waals surface area (Å²) in [4.78, 5) is 30.2. The summed E-state index contributed by atoms with van der Waals surface area (Å²) in [6.07, 6.45) is 2.95. The fourth-order valence-electron chi connectivity index (χ4n) is 4.84. The monoisotopic (exact) mass is 569 g/mol. The molecule has 1 fully saturated rings. The summed E-state index contributed by atoms with van der Waals surface area (Å²) in [5.41, 5.74) is 8.70. The molecule has 0 bridgehead atoms. The number of nitrogens with zero attached hydrogens (tertiary/aromatic N) is 7. The molecule has 3 N–H and O–H groups in total. The predicted octanol–water partition coefficient (Wildman–Crippen LogP) is 2.89. The van der Waals surface area contributed by atoms with Gasteiger partial charge in [-0.3, -0.25) is 14.3 Å². The zero-order valence-electron chi connectivity index (χ0n) is 21.9. The van der Waals surface area contributed by atoms with E-state index < -0.39 is 18.6 Å². The molecule has 4 aromatic rings. The van der Waals surface area contributed by atoms with Crippen molar-refractivity contribution in [3.05, 3.63) is 55.1 Å². The van der Waals surface area contributed by atoms with Crippen LogP contribution in [0.4, 0.5) is 19.0 Å². The van der Waals surface area contributed by atoms with Crippen molar-refractivity contribution < 1.29 is 27.5 Å². The molecular formula is C26H26F3N9O3. The van der Waals surface area contributed by atoms with Gasteiger partial charge in [-0.15, -0.1) is 14.8 Å². The Morgan fingerprint density at radius 3 is 2.66 bits per heavy atom. The highest BCUT2D eigenvalue weighted by Gasteiger charge is 2.29. The van der Waals surface area contributed by atoms with Crippen LogP contribution in [0.1, 0.15) is 29.2 Å². The molecule has 2 amide bonds. The zero-order valence-corrected chi connectivity index (χ0v) is 21.9. The number of anilines is 1. The summed E-state index contributed by atoms with van der Waals surface area (Å²) < 4.78 is 46.4. The SMILES string of the molecule is C=CC(=O)N1CCC(n2cc(-c3nn4ncnc(N)c4c3-c3ccc(C(=O)NCC(F)(F)F)c(OC)c3)cn2)CC1. The van der Waals surface area contributed by atoms with Gasteiger partial charge < -0.3 is 20.7 Å². The molecule has 1 saturated heterocycles. The second-order valence-corrected chi connectivity index (χ2v) is 9.39. The summed E-state index contributed by atoms with van der Waals surface area (Å²) in [6.45, 7) is 3.23. The van der Waals surface area contributed by atoms with Crippen LogP contribution in [0, 0.1) is 0 Å². The van der Waals surface area contributed by atoms with Gasteiger partial charge in [-0.05, 0) is 36.6 Å². The van der Waals surface area contributed by atoms with Crippen LogP contribution in [0.2, 0.25) is 0 Å². The Bertz CT molecular complexity index is 1620. The first-order valence-electron chi connectivity index (χ1n) is 12.6. The van der Waals surface area contributed by atoms with E-state index in [4.69, 9.17) is 10.5 Å². The molecule has 5 rings (SSSR count). The van der Waals surface area contributed by atoms with E-state index in [0.717, 1.165) is 0 Å². The highest BCUT2D eigenvalue weighted by Crippen LogP contribution is 2.39.